The number of urea groups is 1. The van der Waals surface area contributed by atoms with E-state index in [-0.39, 0.29) is 12.6 Å². The highest BCUT2D eigenvalue weighted by Crippen LogP contribution is 2.04. The maximum absolute atomic E-state index is 11.6. The number of aliphatic carboxylic acids is 1. The van der Waals surface area contributed by atoms with E-state index in [2.05, 4.69) is 10.3 Å². The molecular formula is C10H15N3O3. The van der Waals surface area contributed by atoms with Crippen LogP contribution in [0.25, 0.3) is 0 Å². The van der Waals surface area contributed by atoms with E-state index in [1.54, 1.807) is 32.3 Å². The molecule has 1 aliphatic rings. The van der Waals surface area contributed by atoms with Gasteiger partial charge in [-0.25, -0.2) is 9.59 Å². The average molecular weight is 225 g/mol. The zero-order chi connectivity index (χ0) is 12.1. The van der Waals surface area contributed by atoms with Crippen molar-refractivity contribution in [2.75, 3.05) is 6.67 Å². The van der Waals surface area contributed by atoms with E-state index >= 15 is 0 Å². The molecule has 88 valence electrons. The third-order valence-electron chi connectivity index (χ3n) is 2.16. The Morgan fingerprint density at radius 2 is 2.19 bits per heavy atom. The number of carboxylic acids is 1. The molecule has 2 N–H and O–H groups in total. The molecule has 0 aromatic heterocycles. The van der Waals surface area contributed by atoms with Gasteiger partial charge < -0.3 is 10.4 Å². The second-order valence-corrected chi connectivity index (χ2v) is 3.79. The molecule has 0 radical (unpaired) electrons. The first kappa shape index (κ1) is 12.2. The Morgan fingerprint density at radius 1 is 1.50 bits per heavy atom. The molecule has 1 unspecified atom stereocenters. The number of allylic oxidation sites excluding steroid dienone is 1. The predicted molar refractivity (Wildman–Crippen MR) is 59.1 cm³/mol. The van der Waals surface area contributed by atoms with Crippen molar-refractivity contribution in [1.29, 1.82) is 0 Å². The van der Waals surface area contributed by atoms with Crippen LogP contribution in [-0.2, 0) is 4.79 Å². The van der Waals surface area contributed by atoms with Crippen molar-refractivity contribution in [2.24, 2.45) is 10.9 Å². The molecule has 0 aromatic carbocycles. The van der Waals surface area contributed by atoms with Gasteiger partial charge >= 0.3 is 12.0 Å². The lowest BCUT2D eigenvalue weighted by atomic mass is 10.1. The summed E-state index contributed by atoms with van der Waals surface area (Å²) in [5.41, 5.74) is 0. The van der Waals surface area contributed by atoms with E-state index in [0.717, 1.165) is 0 Å². The number of aliphatic imine (C=N–C) groups is 1. The zero-order valence-electron chi connectivity index (χ0n) is 9.25. The van der Waals surface area contributed by atoms with E-state index in [4.69, 9.17) is 5.11 Å². The van der Waals surface area contributed by atoms with Crippen LogP contribution in [0.4, 0.5) is 4.79 Å². The molecule has 6 heteroatoms. The number of carboxylic acid groups (broad SMARTS) is 1. The smallest absolute Gasteiger partial charge is 0.326 e. The summed E-state index contributed by atoms with van der Waals surface area (Å²) in [6.45, 7) is 3.69. The Hall–Kier alpha value is -1.85. The normalized spacial score (nSPS) is 16.3. The lowest BCUT2D eigenvalue weighted by Gasteiger charge is -2.23. The number of hydrogen-bond donors (Lipinski definition) is 2. The minimum Gasteiger partial charge on any atom is -0.480 e. The van der Waals surface area contributed by atoms with E-state index in [9.17, 15) is 9.59 Å². The summed E-state index contributed by atoms with van der Waals surface area (Å²) < 4.78 is 0. The maximum atomic E-state index is 11.6. The largest absolute Gasteiger partial charge is 0.480 e. The van der Waals surface area contributed by atoms with Crippen molar-refractivity contribution in [3.63, 3.8) is 0 Å². The fourth-order valence-corrected chi connectivity index (χ4v) is 1.25. The molecule has 2 amide bonds. The van der Waals surface area contributed by atoms with Crippen LogP contribution < -0.4 is 5.32 Å². The van der Waals surface area contributed by atoms with Gasteiger partial charge in [0.1, 0.15) is 12.7 Å². The third kappa shape index (κ3) is 3.08. The van der Waals surface area contributed by atoms with E-state index < -0.39 is 18.0 Å². The molecule has 1 heterocycles. The van der Waals surface area contributed by atoms with Crippen LogP contribution >= 0.6 is 0 Å². The van der Waals surface area contributed by atoms with E-state index in [1.807, 2.05) is 0 Å². The summed E-state index contributed by atoms with van der Waals surface area (Å²) in [4.78, 5) is 27.7. The molecule has 6 nitrogen and oxygen atoms in total. The van der Waals surface area contributed by atoms with Gasteiger partial charge in [-0.05, 0) is 12.0 Å². The number of amides is 2. The quantitative estimate of drug-likeness (QED) is 0.740. The van der Waals surface area contributed by atoms with Gasteiger partial charge in [0.05, 0.1) is 0 Å². The summed E-state index contributed by atoms with van der Waals surface area (Å²) >= 11 is 0. The molecule has 0 saturated carbocycles. The summed E-state index contributed by atoms with van der Waals surface area (Å²) in [7, 11) is 0. The van der Waals surface area contributed by atoms with Crippen LogP contribution in [0.2, 0.25) is 0 Å². The standard InChI is InChI=1S/C10H15N3O3/c1-7(2)8(9(14)15)12-10(16)13-5-3-4-11-6-13/h3-5,7-8H,6H2,1-2H3,(H,12,16)(H,14,15). The lowest BCUT2D eigenvalue weighted by molar-refractivity contribution is -0.140. The highest BCUT2D eigenvalue weighted by molar-refractivity contribution is 5.84. The van der Waals surface area contributed by atoms with Crippen molar-refractivity contribution in [1.82, 2.24) is 10.2 Å². The van der Waals surface area contributed by atoms with Crippen molar-refractivity contribution in [3.8, 4) is 0 Å². The van der Waals surface area contributed by atoms with Crippen molar-refractivity contribution in [2.45, 2.75) is 19.9 Å². The Morgan fingerprint density at radius 3 is 2.62 bits per heavy atom. The fraction of sp³-hybridized carbons (Fsp3) is 0.500. The highest BCUT2D eigenvalue weighted by Gasteiger charge is 2.25. The third-order valence-corrected chi connectivity index (χ3v) is 2.16. The van der Waals surface area contributed by atoms with Gasteiger partial charge in [0.2, 0.25) is 0 Å². The first-order valence-electron chi connectivity index (χ1n) is 4.99. The Labute approximate surface area is 93.7 Å². The van der Waals surface area contributed by atoms with Crippen LogP contribution in [0.1, 0.15) is 13.8 Å². The number of nitrogens with one attached hydrogen (secondary N) is 1. The summed E-state index contributed by atoms with van der Waals surface area (Å²) in [5.74, 6) is -1.20. The summed E-state index contributed by atoms with van der Waals surface area (Å²) in [6, 6.07) is -1.33. The minimum atomic E-state index is -1.03. The molecule has 0 saturated heterocycles. The fourth-order valence-electron chi connectivity index (χ4n) is 1.25. The Bertz CT molecular complexity index is 336. The molecule has 0 fully saturated rings. The first-order valence-corrected chi connectivity index (χ1v) is 4.99. The topological polar surface area (TPSA) is 82.0 Å². The Kier molecular flexibility index (Phi) is 4.04. The van der Waals surface area contributed by atoms with Gasteiger partial charge in [-0.15, -0.1) is 0 Å². The molecule has 0 spiro atoms. The molecular weight excluding hydrogens is 210 g/mol. The van der Waals surface area contributed by atoms with Crippen molar-refractivity contribution >= 4 is 18.2 Å². The molecule has 0 bridgehead atoms. The van der Waals surface area contributed by atoms with Crippen LogP contribution in [-0.4, -0.2) is 40.9 Å². The van der Waals surface area contributed by atoms with Crippen LogP contribution in [0.5, 0.6) is 0 Å². The lowest BCUT2D eigenvalue weighted by Crippen LogP contribution is -2.49. The number of rotatable bonds is 3. The van der Waals surface area contributed by atoms with Crippen molar-refractivity contribution < 1.29 is 14.7 Å². The number of hydrogen-bond acceptors (Lipinski definition) is 3. The van der Waals surface area contributed by atoms with Crippen LogP contribution in [0.15, 0.2) is 17.3 Å². The van der Waals surface area contributed by atoms with Gasteiger partial charge in [0.25, 0.3) is 0 Å². The second-order valence-electron chi connectivity index (χ2n) is 3.79. The minimum absolute atomic E-state index is 0.168. The molecule has 16 heavy (non-hydrogen) atoms. The van der Waals surface area contributed by atoms with E-state index in [0.29, 0.717) is 0 Å². The van der Waals surface area contributed by atoms with Gasteiger partial charge in [-0.1, -0.05) is 13.8 Å². The predicted octanol–water partition coefficient (Wildman–Crippen LogP) is 0.663. The average Bonchev–Trinajstić information content (AvgIpc) is 2.25. The molecule has 1 aliphatic heterocycles. The van der Waals surface area contributed by atoms with Crippen LogP contribution in [0, 0.1) is 5.92 Å². The first-order chi connectivity index (χ1) is 7.52. The Balaban J connectivity index is 2.58. The van der Waals surface area contributed by atoms with E-state index in [1.165, 1.54) is 4.90 Å². The monoisotopic (exact) mass is 225 g/mol. The highest BCUT2D eigenvalue weighted by atomic mass is 16.4. The number of carbonyl (C=O) groups excluding carboxylic acids is 1. The number of nitrogens with zero attached hydrogens (tertiary/aromatic N) is 2. The molecule has 1 rings (SSSR count). The van der Waals surface area contributed by atoms with Crippen molar-refractivity contribution in [3.05, 3.63) is 12.3 Å². The van der Waals surface area contributed by atoms with Gasteiger partial charge in [-0.2, -0.15) is 0 Å². The van der Waals surface area contributed by atoms with Gasteiger partial charge in [0.15, 0.2) is 0 Å². The van der Waals surface area contributed by atoms with Crippen LogP contribution in [0.3, 0.4) is 0 Å². The molecule has 0 aromatic rings. The van der Waals surface area contributed by atoms with Gasteiger partial charge in [-0.3, -0.25) is 9.89 Å². The zero-order valence-corrected chi connectivity index (χ0v) is 9.25. The molecule has 0 aliphatic carbocycles. The number of carbonyl (C=O) groups is 2. The summed E-state index contributed by atoms with van der Waals surface area (Å²) in [6.07, 6.45) is 4.76. The maximum Gasteiger partial charge on any atom is 0.326 e. The summed E-state index contributed by atoms with van der Waals surface area (Å²) in [5, 5.41) is 11.4. The van der Waals surface area contributed by atoms with Gasteiger partial charge in [0, 0.05) is 12.4 Å². The SMILES string of the molecule is CC(C)C(NC(=O)N1C=CC=NC1)C(=O)O. The molecule has 1 atom stereocenters. The second kappa shape index (κ2) is 5.29.